The summed E-state index contributed by atoms with van der Waals surface area (Å²) in [6.45, 7) is 10.3. The number of hydrogen-bond donors (Lipinski definition) is 1. The maximum Gasteiger partial charge on any atom is 0.256 e. The van der Waals surface area contributed by atoms with E-state index in [9.17, 15) is 4.79 Å². The Bertz CT molecular complexity index is 728. The van der Waals surface area contributed by atoms with Crippen molar-refractivity contribution < 1.29 is 14.3 Å². The van der Waals surface area contributed by atoms with Crippen LogP contribution in [0, 0.1) is 0 Å². The molecule has 0 radical (unpaired) electrons. The molecule has 0 aliphatic heterocycles. The Morgan fingerprint density at radius 3 is 2.40 bits per heavy atom. The number of anilines is 1. The van der Waals surface area contributed by atoms with Gasteiger partial charge in [-0.05, 0) is 45.7 Å². The number of hydrogen-bond acceptors (Lipinski definition) is 3. The zero-order valence-corrected chi connectivity index (χ0v) is 15.9. The van der Waals surface area contributed by atoms with Gasteiger partial charge in [0.05, 0.1) is 6.10 Å². The largest absolute Gasteiger partial charge is 0.490 e. The van der Waals surface area contributed by atoms with E-state index >= 15 is 0 Å². The van der Waals surface area contributed by atoms with Crippen LogP contribution in [-0.4, -0.2) is 24.2 Å². The summed E-state index contributed by atoms with van der Waals surface area (Å²) >= 11 is 0. The van der Waals surface area contributed by atoms with Gasteiger partial charge in [-0.3, -0.25) is 4.79 Å². The molecule has 0 saturated heterocycles. The van der Waals surface area contributed by atoms with Crippen molar-refractivity contribution in [3.63, 3.8) is 0 Å². The third kappa shape index (κ3) is 4.31. The number of nitrogens with one attached hydrogen (secondary N) is 1. The summed E-state index contributed by atoms with van der Waals surface area (Å²) in [5.74, 6) is 0.712. The first-order valence-corrected chi connectivity index (χ1v) is 9.09. The predicted molar refractivity (Wildman–Crippen MR) is 103 cm³/mol. The van der Waals surface area contributed by atoms with Crippen LogP contribution in [-0.2, 0) is 9.53 Å². The minimum absolute atomic E-state index is 0.127. The fourth-order valence-corrected chi connectivity index (χ4v) is 2.68. The van der Waals surface area contributed by atoms with Gasteiger partial charge in [-0.25, -0.2) is 0 Å². The molecule has 136 valence electrons. The number of carbonyl (C=O) groups is 1. The summed E-state index contributed by atoms with van der Waals surface area (Å²) in [4.78, 5) is 12.7. The SMILES string of the molecule is CCOC(C)(CC)C(=O)Nc1ccc(OC(C)CC)c2ccccc12. The lowest BCUT2D eigenvalue weighted by Crippen LogP contribution is -2.42. The topological polar surface area (TPSA) is 47.6 Å². The van der Waals surface area contributed by atoms with Crippen LogP contribution in [0.2, 0.25) is 0 Å². The Balaban J connectivity index is 2.37. The highest BCUT2D eigenvalue weighted by atomic mass is 16.5. The highest BCUT2D eigenvalue weighted by Gasteiger charge is 2.32. The highest BCUT2D eigenvalue weighted by molar-refractivity contribution is 6.06. The smallest absolute Gasteiger partial charge is 0.256 e. The number of amides is 1. The molecular weight excluding hydrogens is 314 g/mol. The van der Waals surface area contributed by atoms with Crippen LogP contribution in [0.5, 0.6) is 5.75 Å². The zero-order chi connectivity index (χ0) is 18.4. The lowest BCUT2D eigenvalue weighted by Gasteiger charge is -2.27. The first-order chi connectivity index (χ1) is 11.9. The van der Waals surface area contributed by atoms with Crippen molar-refractivity contribution >= 4 is 22.4 Å². The van der Waals surface area contributed by atoms with Gasteiger partial charge in [0.1, 0.15) is 11.4 Å². The van der Waals surface area contributed by atoms with Crippen LogP contribution in [0.1, 0.15) is 47.5 Å². The molecule has 0 aliphatic carbocycles. The van der Waals surface area contributed by atoms with Crippen LogP contribution < -0.4 is 10.1 Å². The molecule has 0 fully saturated rings. The summed E-state index contributed by atoms with van der Waals surface area (Å²) in [5.41, 5.74) is -0.0571. The first-order valence-electron chi connectivity index (χ1n) is 9.09. The van der Waals surface area contributed by atoms with Gasteiger partial charge in [-0.2, -0.15) is 0 Å². The fraction of sp³-hybridized carbons (Fsp3) is 0.476. The normalized spacial score (nSPS) is 14.8. The van der Waals surface area contributed by atoms with E-state index in [1.807, 2.05) is 57.2 Å². The molecular formula is C21H29NO3. The van der Waals surface area contributed by atoms with Crippen molar-refractivity contribution in [1.29, 1.82) is 0 Å². The molecule has 0 bridgehead atoms. The molecule has 1 N–H and O–H groups in total. The number of ether oxygens (including phenoxy) is 2. The quantitative estimate of drug-likeness (QED) is 0.720. The fourth-order valence-electron chi connectivity index (χ4n) is 2.68. The van der Waals surface area contributed by atoms with Gasteiger partial charge < -0.3 is 14.8 Å². The monoisotopic (exact) mass is 343 g/mol. The molecule has 2 aromatic carbocycles. The minimum Gasteiger partial charge on any atom is -0.490 e. The van der Waals surface area contributed by atoms with Crippen molar-refractivity contribution in [2.75, 3.05) is 11.9 Å². The molecule has 0 heterocycles. The second-order valence-electron chi connectivity index (χ2n) is 6.47. The summed E-state index contributed by atoms with van der Waals surface area (Å²) < 4.78 is 11.7. The molecule has 4 nitrogen and oxygen atoms in total. The Kier molecular flexibility index (Phi) is 6.43. The van der Waals surface area contributed by atoms with E-state index in [4.69, 9.17) is 9.47 Å². The molecule has 2 rings (SSSR count). The van der Waals surface area contributed by atoms with Gasteiger partial charge in [-0.1, -0.05) is 38.1 Å². The lowest BCUT2D eigenvalue weighted by atomic mass is 10.0. The number of carbonyl (C=O) groups excluding carboxylic acids is 1. The van der Waals surface area contributed by atoms with Gasteiger partial charge in [0.25, 0.3) is 5.91 Å². The van der Waals surface area contributed by atoms with E-state index in [0.717, 1.165) is 28.6 Å². The van der Waals surface area contributed by atoms with E-state index in [2.05, 4.69) is 19.2 Å². The molecule has 1 amide bonds. The maximum absolute atomic E-state index is 12.7. The van der Waals surface area contributed by atoms with Gasteiger partial charge >= 0.3 is 0 Å². The highest BCUT2D eigenvalue weighted by Crippen LogP contribution is 2.33. The second kappa shape index (κ2) is 8.34. The van der Waals surface area contributed by atoms with Crippen molar-refractivity contribution in [2.45, 2.75) is 59.2 Å². The average Bonchev–Trinajstić information content (AvgIpc) is 2.63. The van der Waals surface area contributed by atoms with Crippen molar-refractivity contribution in [3.05, 3.63) is 36.4 Å². The number of rotatable bonds is 8. The van der Waals surface area contributed by atoms with Crippen LogP contribution >= 0.6 is 0 Å². The average molecular weight is 343 g/mol. The van der Waals surface area contributed by atoms with Gasteiger partial charge in [0.15, 0.2) is 0 Å². The second-order valence-corrected chi connectivity index (χ2v) is 6.47. The van der Waals surface area contributed by atoms with Crippen molar-refractivity contribution in [1.82, 2.24) is 0 Å². The molecule has 25 heavy (non-hydrogen) atoms. The molecule has 0 aromatic heterocycles. The summed E-state index contributed by atoms with van der Waals surface area (Å²) in [6, 6.07) is 11.8. The van der Waals surface area contributed by atoms with E-state index in [0.29, 0.717) is 13.0 Å². The Hall–Kier alpha value is -2.07. The predicted octanol–water partition coefficient (Wildman–Crippen LogP) is 5.16. The third-order valence-electron chi connectivity index (χ3n) is 4.65. The van der Waals surface area contributed by atoms with Gasteiger partial charge in [0.2, 0.25) is 0 Å². The van der Waals surface area contributed by atoms with Crippen LogP contribution in [0.4, 0.5) is 5.69 Å². The third-order valence-corrected chi connectivity index (χ3v) is 4.65. The summed E-state index contributed by atoms with van der Waals surface area (Å²) in [6.07, 6.45) is 1.70. The molecule has 0 aliphatic rings. The molecule has 2 unspecified atom stereocenters. The molecule has 4 heteroatoms. The molecule has 2 aromatic rings. The lowest BCUT2D eigenvalue weighted by molar-refractivity contribution is -0.139. The van der Waals surface area contributed by atoms with Gasteiger partial charge in [-0.15, -0.1) is 0 Å². The van der Waals surface area contributed by atoms with E-state index in [1.54, 1.807) is 0 Å². The van der Waals surface area contributed by atoms with E-state index in [1.165, 1.54) is 0 Å². The van der Waals surface area contributed by atoms with Crippen LogP contribution in [0.3, 0.4) is 0 Å². The van der Waals surface area contributed by atoms with E-state index in [-0.39, 0.29) is 12.0 Å². The molecule has 0 spiro atoms. The zero-order valence-electron chi connectivity index (χ0n) is 15.9. The van der Waals surface area contributed by atoms with Gasteiger partial charge in [0, 0.05) is 23.1 Å². The Morgan fingerprint density at radius 2 is 1.80 bits per heavy atom. The maximum atomic E-state index is 12.7. The number of benzene rings is 2. The van der Waals surface area contributed by atoms with Crippen LogP contribution in [0.15, 0.2) is 36.4 Å². The van der Waals surface area contributed by atoms with Crippen LogP contribution in [0.25, 0.3) is 10.8 Å². The minimum atomic E-state index is -0.832. The van der Waals surface area contributed by atoms with Crippen molar-refractivity contribution in [3.8, 4) is 5.75 Å². The first kappa shape index (κ1) is 19.3. The Morgan fingerprint density at radius 1 is 1.12 bits per heavy atom. The standard InChI is InChI=1S/C21H29NO3/c1-6-15(4)25-19-14-13-18(16-11-9-10-12-17(16)19)22-20(23)21(5,7-2)24-8-3/h9-15H,6-8H2,1-5H3,(H,22,23). The summed E-state index contributed by atoms with van der Waals surface area (Å²) in [7, 11) is 0. The Labute approximate surface area is 150 Å². The van der Waals surface area contributed by atoms with Crippen molar-refractivity contribution in [2.24, 2.45) is 0 Å². The molecule has 0 saturated carbocycles. The molecule has 2 atom stereocenters. The summed E-state index contributed by atoms with van der Waals surface area (Å²) in [5, 5.41) is 5.00. The number of fused-ring (bicyclic) bond motifs is 1. The van der Waals surface area contributed by atoms with E-state index < -0.39 is 5.60 Å².